The van der Waals surface area contributed by atoms with E-state index in [4.69, 9.17) is 0 Å². The number of rotatable bonds is 2. The third kappa shape index (κ3) is 2.28. The van der Waals surface area contributed by atoms with Gasteiger partial charge in [-0.3, -0.25) is 4.98 Å². The van der Waals surface area contributed by atoms with E-state index in [1.807, 2.05) is 18.3 Å². The highest BCUT2D eigenvalue weighted by Gasteiger charge is 2.29. The molecule has 0 amide bonds. The number of pyridine rings is 1. The van der Waals surface area contributed by atoms with Gasteiger partial charge in [-0.15, -0.1) is 0 Å². The molecule has 25 heavy (non-hydrogen) atoms. The summed E-state index contributed by atoms with van der Waals surface area (Å²) in [5.74, 6) is 0.310. The monoisotopic (exact) mass is 319 g/mol. The summed E-state index contributed by atoms with van der Waals surface area (Å²) >= 11 is 0. The Kier molecular flexibility index (Phi) is 3.24. The first-order valence-electron chi connectivity index (χ1n) is 8.61. The van der Waals surface area contributed by atoms with Gasteiger partial charge in [0, 0.05) is 17.7 Å². The molecule has 1 aliphatic rings. The maximum Gasteiger partial charge on any atom is 0.0702 e. The Morgan fingerprint density at radius 2 is 1.36 bits per heavy atom. The zero-order valence-electron chi connectivity index (χ0n) is 13.8. The van der Waals surface area contributed by atoms with E-state index in [1.54, 1.807) is 0 Å². The molecule has 0 saturated carbocycles. The molecule has 0 radical (unpaired) electrons. The number of fused-ring (bicyclic) bond motifs is 3. The normalized spacial score (nSPS) is 14.8. The van der Waals surface area contributed by atoms with Crippen LogP contribution in [0.15, 0.2) is 97.2 Å². The summed E-state index contributed by atoms with van der Waals surface area (Å²) in [6, 6.07) is 32.4. The maximum absolute atomic E-state index is 4.51. The van der Waals surface area contributed by atoms with Crippen molar-refractivity contribution in [1.29, 1.82) is 0 Å². The van der Waals surface area contributed by atoms with Crippen molar-refractivity contribution in [2.75, 3.05) is 0 Å². The van der Waals surface area contributed by atoms with Gasteiger partial charge in [-0.25, -0.2) is 0 Å². The Morgan fingerprint density at radius 1 is 0.600 bits per heavy atom. The molecule has 1 aromatic heterocycles. The summed E-state index contributed by atoms with van der Waals surface area (Å²) in [5.41, 5.74) is 8.97. The SMILES string of the molecule is c1ccc(C2c3ccccc3-c3cc(-c4ccccn4)ccc32)cc1. The lowest BCUT2D eigenvalue weighted by atomic mass is 9.89. The Morgan fingerprint density at radius 3 is 2.20 bits per heavy atom. The van der Waals surface area contributed by atoms with Crippen molar-refractivity contribution in [2.24, 2.45) is 0 Å². The molecule has 0 aliphatic heterocycles. The van der Waals surface area contributed by atoms with Crippen LogP contribution in [0.1, 0.15) is 22.6 Å². The fraction of sp³-hybridized carbons (Fsp3) is 0.0417. The largest absolute Gasteiger partial charge is 0.256 e. The molecule has 1 heteroatoms. The summed E-state index contributed by atoms with van der Waals surface area (Å²) in [6.07, 6.45) is 1.85. The highest BCUT2D eigenvalue weighted by atomic mass is 14.7. The van der Waals surface area contributed by atoms with E-state index in [0.29, 0.717) is 5.92 Å². The van der Waals surface area contributed by atoms with Gasteiger partial charge in [0.15, 0.2) is 0 Å². The number of benzene rings is 3. The van der Waals surface area contributed by atoms with Crippen LogP contribution in [-0.4, -0.2) is 4.98 Å². The lowest BCUT2D eigenvalue weighted by Crippen LogP contribution is -1.98. The molecule has 1 atom stereocenters. The highest BCUT2D eigenvalue weighted by Crippen LogP contribution is 2.48. The van der Waals surface area contributed by atoms with Gasteiger partial charge in [0.2, 0.25) is 0 Å². The maximum atomic E-state index is 4.51. The molecule has 4 aromatic rings. The zero-order valence-corrected chi connectivity index (χ0v) is 13.8. The van der Waals surface area contributed by atoms with Gasteiger partial charge in [0.25, 0.3) is 0 Å². The van der Waals surface area contributed by atoms with Crippen LogP contribution >= 0.6 is 0 Å². The predicted octanol–water partition coefficient (Wildman–Crippen LogP) is 5.91. The van der Waals surface area contributed by atoms with E-state index in [1.165, 1.54) is 33.4 Å². The number of hydrogen-bond donors (Lipinski definition) is 0. The number of nitrogens with zero attached hydrogens (tertiary/aromatic N) is 1. The molecular weight excluding hydrogens is 302 g/mol. The molecular formula is C24H17N. The third-order valence-corrected chi connectivity index (χ3v) is 5.02. The van der Waals surface area contributed by atoms with Gasteiger partial charge in [0.05, 0.1) is 5.69 Å². The second-order valence-electron chi connectivity index (χ2n) is 6.45. The van der Waals surface area contributed by atoms with Crippen LogP contribution in [0.2, 0.25) is 0 Å². The lowest BCUT2D eigenvalue weighted by Gasteiger charge is -2.14. The predicted molar refractivity (Wildman–Crippen MR) is 102 cm³/mol. The van der Waals surface area contributed by atoms with Crippen LogP contribution in [0.25, 0.3) is 22.4 Å². The molecule has 1 aliphatic carbocycles. The van der Waals surface area contributed by atoms with Crippen LogP contribution in [0.5, 0.6) is 0 Å². The zero-order chi connectivity index (χ0) is 16.6. The second-order valence-corrected chi connectivity index (χ2v) is 6.45. The van der Waals surface area contributed by atoms with E-state index in [9.17, 15) is 0 Å². The van der Waals surface area contributed by atoms with E-state index in [-0.39, 0.29) is 0 Å². The van der Waals surface area contributed by atoms with Crippen molar-refractivity contribution in [3.63, 3.8) is 0 Å². The summed E-state index contributed by atoms with van der Waals surface area (Å²) < 4.78 is 0. The smallest absolute Gasteiger partial charge is 0.0702 e. The first-order valence-corrected chi connectivity index (χ1v) is 8.61. The first-order chi connectivity index (χ1) is 12.4. The standard InChI is InChI=1S/C24H17N/c1-2-8-17(9-3-1)24-20-11-5-4-10-19(20)22-16-18(13-14-21(22)24)23-12-6-7-15-25-23/h1-16,24H. The Balaban J connectivity index is 1.73. The van der Waals surface area contributed by atoms with Crippen LogP contribution < -0.4 is 0 Å². The molecule has 5 rings (SSSR count). The van der Waals surface area contributed by atoms with Crippen LogP contribution in [-0.2, 0) is 0 Å². The molecule has 1 nitrogen and oxygen atoms in total. The van der Waals surface area contributed by atoms with Crippen molar-refractivity contribution >= 4 is 0 Å². The topological polar surface area (TPSA) is 12.9 Å². The minimum atomic E-state index is 0.310. The van der Waals surface area contributed by atoms with Gasteiger partial charge < -0.3 is 0 Å². The van der Waals surface area contributed by atoms with E-state index >= 15 is 0 Å². The molecule has 118 valence electrons. The Bertz CT molecular complexity index is 1040. The molecule has 0 saturated heterocycles. The van der Waals surface area contributed by atoms with Crippen molar-refractivity contribution < 1.29 is 0 Å². The quantitative estimate of drug-likeness (QED) is 0.394. The Labute approximate surface area is 147 Å². The molecule has 0 N–H and O–H groups in total. The summed E-state index contributed by atoms with van der Waals surface area (Å²) in [4.78, 5) is 4.51. The van der Waals surface area contributed by atoms with E-state index in [2.05, 4.69) is 83.8 Å². The van der Waals surface area contributed by atoms with Gasteiger partial charge in [-0.05, 0) is 46.0 Å². The van der Waals surface area contributed by atoms with Gasteiger partial charge in [-0.2, -0.15) is 0 Å². The summed E-state index contributed by atoms with van der Waals surface area (Å²) in [6.45, 7) is 0. The third-order valence-electron chi connectivity index (χ3n) is 5.02. The average Bonchev–Trinajstić information content (AvgIpc) is 3.03. The number of aromatic nitrogens is 1. The van der Waals surface area contributed by atoms with Crippen LogP contribution in [0.4, 0.5) is 0 Å². The fourth-order valence-electron chi connectivity index (χ4n) is 3.90. The Hall–Kier alpha value is -3.19. The molecule has 3 aromatic carbocycles. The summed E-state index contributed by atoms with van der Waals surface area (Å²) in [5, 5.41) is 0. The van der Waals surface area contributed by atoms with Crippen molar-refractivity contribution in [3.8, 4) is 22.4 Å². The second kappa shape index (κ2) is 5.71. The fourth-order valence-corrected chi connectivity index (χ4v) is 3.90. The molecule has 0 spiro atoms. The summed E-state index contributed by atoms with van der Waals surface area (Å²) in [7, 11) is 0. The lowest BCUT2D eigenvalue weighted by molar-refractivity contribution is 1.01. The van der Waals surface area contributed by atoms with Crippen molar-refractivity contribution in [1.82, 2.24) is 4.98 Å². The van der Waals surface area contributed by atoms with Crippen LogP contribution in [0.3, 0.4) is 0 Å². The van der Waals surface area contributed by atoms with Gasteiger partial charge in [-0.1, -0.05) is 72.8 Å². The van der Waals surface area contributed by atoms with Crippen LogP contribution in [0, 0.1) is 0 Å². The van der Waals surface area contributed by atoms with Crippen molar-refractivity contribution in [3.05, 3.63) is 114 Å². The molecule has 0 fully saturated rings. The molecule has 1 unspecified atom stereocenters. The van der Waals surface area contributed by atoms with Gasteiger partial charge >= 0.3 is 0 Å². The van der Waals surface area contributed by atoms with E-state index in [0.717, 1.165) is 5.69 Å². The van der Waals surface area contributed by atoms with Crippen molar-refractivity contribution in [2.45, 2.75) is 5.92 Å². The van der Waals surface area contributed by atoms with E-state index < -0.39 is 0 Å². The average molecular weight is 319 g/mol. The molecule has 1 heterocycles. The highest BCUT2D eigenvalue weighted by molar-refractivity contribution is 5.83. The minimum Gasteiger partial charge on any atom is -0.256 e. The minimum absolute atomic E-state index is 0.310. The molecule has 0 bridgehead atoms. The first kappa shape index (κ1) is 14.2. The van der Waals surface area contributed by atoms with Gasteiger partial charge in [0.1, 0.15) is 0 Å². The number of hydrogen-bond acceptors (Lipinski definition) is 1.